The largest absolute Gasteiger partial charge is 0.497 e. The first-order valence-electron chi connectivity index (χ1n) is 9.59. The summed E-state index contributed by atoms with van der Waals surface area (Å²) in [6, 6.07) is 18.2. The number of aromatic nitrogens is 1. The van der Waals surface area contributed by atoms with Gasteiger partial charge in [0.2, 0.25) is 6.79 Å². The monoisotopic (exact) mass is 388 g/mol. The molecule has 0 atom stereocenters. The molecule has 0 fully saturated rings. The van der Waals surface area contributed by atoms with Crippen molar-refractivity contribution >= 4 is 17.8 Å². The lowest BCUT2D eigenvalue weighted by Gasteiger charge is -2.19. The summed E-state index contributed by atoms with van der Waals surface area (Å²) >= 11 is 0. The zero-order chi connectivity index (χ0) is 20.1. The predicted molar refractivity (Wildman–Crippen MR) is 116 cm³/mol. The van der Waals surface area contributed by atoms with Crippen LogP contribution in [0.4, 0.5) is 5.69 Å². The Labute approximate surface area is 171 Å². The van der Waals surface area contributed by atoms with E-state index in [2.05, 4.69) is 41.2 Å². The molecule has 0 unspecified atom stereocenters. The number of pyridine rings is 1. The minimum atomic E-state index is 0.308. The lowest BCUT2D eigenvalue weighted by atomic mass is 10.1. The maximum absolute atomic E-state index is 5.46. The third-order valence-corrected chi connectivity index (χ3v) is 4.94. The molecule has 0 spiro atoms. The van der Waals surface area contributed by atoms with E-state index in [1.807, 2.05) is 48.7 Å². The number of likely N-dealkylation sites (N-methyl/N-ethyl adjacent to an activating group) is 1. The smallest absolute Gasteiger partial charge is 0.231 e. The van der Waals surface area contributed by atoms with Gasteiger partial charge in [-0.1, -0.05) is 24.3 Å². The van der Waals surface area contributed by atoms with Crippen molar-refractivity contribution < 1.29 is 14.2 Å². The third-order valence-electron chi connectivity index (χ3n) is 4.94. The fourth-order valence-electron chi connectivity index (χ4n) is 3.18. The fourth-order valence-corrected chi connectivity index (χ4v) is 3.18. The second-order valence-electron chi connectivity index (χ2n) is 6.90. The van der Waals surface area contributed by atoms with Crippen LogP contribution in [-0.2, 0) is 6.42 Å². The van der Waals surface area contributed by atoms with Gasteiger partial charge in [-0.2, -0.15) is 0 Å². The SMILES string of the molecule is COc1ccc(/C=C/c2cc(N(C)CCc3ccc4c(c3)OCO4)ccn2)cc1. The third kappa shape index (κ3) is 4.69. The number of hydrogen-bond donors (Lipinski definition) is 0. The summed E-state index contributed by atoms with van der Waals surface area (Å²) in [5, 5.41) is 0. The van der Waals surface area contributed by atoms with E-state index in [0.717, 1.165) is 47.2 Å². The molecule has 0 amide bonds. The summed E-state index contributed by atoms with van der Waals surface area (Å²) in [6.45, 7) is 1.20. The molecule has 3 aromatic rings. The molecule has 5 heteroatoms. The van der Waals surface area contributed by atoms with Gasteiger partial charge in [-0.15, -0.1) is 0 Å². The van der Waals surface area contributed by atoms with Crippen LogP contribution in [0, 0.1) is 0 Å². The van der Waals surface area contributed by atoms with Crippen LogP contribution >= 0.6 is 0 Å². The van der Waals surface area contributed by atoms with E-state index in [-0.39, 0.29) is 0 Å². The van der Waals surface area contributed by atoms with Crippen LogP contribution in [0.1, 0.15) is 16.8 Å². The summed E-state index contributed by atoms with van der Waals surface area (Å²) in [7, 11) is 3.77. The van der Waals surface area contributed by atoms with E-state index in [9.17, 15) is 0 Å². The first-order valence-corrected chi connectivity index (χ1v) is 9.59. The van der Waals surface area contributed by atoms with Crippen molar-refractivity contribution in [3.63, 3.8) is 0 Å². The lowest BCUT2D eigenvalue weighted by molar-refractivity contribution is 0.174. The van der Waals surface area contributed by atoms with Crippen molar-refractivity contribution in [1.29, 1.82) is 0 Å². The normalized spacial score (nSPS) is 12.3. The van der Waals surface area contributed by atoms with Crippen molar-refractivity contribution in [2.75, 3.05) is 32.4 Å². The average Bonchev–Trinajstić information content (AvgIpc) is 3.24. The molecule has 0 N–H and O–H groups in total. The first kappa shape index (κ1) is 18.9. The molecule has 1 aromatic heterocycles. The van der Waals surface area contributed by atoms with Gasteiger partial charge in [-0.05, 0) is 60.0 Å². The predicted octanol–water partition coefficient (Wildman–Crippen LogP) is 4.67. The minimum absolute atomic E-state index is 0.308. The molecular formula is C24H24N2O3. The zero-order valence-corrected chi connectivity index (χ0v) is 16.7. The number of methoxy groups -OCH3 is 1. The molecule has 0 aliphatic carbocycles. The van der Waals surface area contributed by atoms with Crippen molar-refractivity contribution in [2.24, 2.45) is 0 Å². The summed E-state index contributed by atoms with van der Waals surface area (Å²) < 4.78 is 16.0. The highest BCUT2D eigenvalue weighted by Crippen LogP contribution is 2.32. The van der Waals surface area contributed by atoms with Gasteiger partial charge in [0, 0.05) is 25.5 Å². The van der Waals surface area contributed by atoms with Crippen molar-refractivity contribution in [3.8, 4) is 17.2 Å². The Hall–Kier alpha value is -3.47. The molecule has 2 aromatic carbocycles. The van der Waals surface area contributed by atoms with E-state index in [4.69, 9.17) is 14.2 Å². The molecule has 5 nitrogen and oxygen atoms in total. The molecule has 29 heavy (non-hydrogen) atoms. The van der Waals surface area contributed by atoms with E-state index in [1.165, 1.54) is 5.56 Å². The number of anilines is 1. The van der Waals surface area contributed by atoms with Crippen molar-refractivity contribution in [3.05, 3.63) is 77.6 Å². The van der Waals surface area contributed by atoms with Gasteiger partial charge >= 0.3 is 0 Å². The van der Waals surface area contributed by atoms with Crippen LogP contribution in [0.5, 0.6) is 17.2 Å². The lowest BCUT2D eigenvalue weighted by Crippen LogP contribution is -2.20. The second-order valence-corrected chi connectivity index (χ2v) is 6.90. The molecule has 0 saturated carbocycles. The van der Waals surface area contributed by atoms with Crippen LogP contribution in [0.15, 0.2) is 60.8 Å². The molecule has 148 valence electrons. The Kier molecular flexibility index (Phi) is 5.66. The van der Waals surface area contributed by atoms with Gasteiger partial charge in [0.1, 0.15) is 5.75 Å². The molecule has 1 aliphatic rings. The van der Waals surface area contributed by atoms with Gasteiger partial charge in [-0.3, -0.25) is 4.98 Å². The van der Waals surface area contributed by atoms with E-state index < -0.39 is 0 Å². The Bertz CT molecular complexity index is 999. The molecular weight excluding hydrogens is 364 g/mol. The summed E-state index contributed by atoms with van der Waals surface area (Å²) in [6.07, 6.45) is 6.85. The Morgan fingerprint density at radius 2 is 1.83 bits per heavy atom. The maximum Gasteiger partial charge on any atom is 0.231 e. The van der Waals surface area contributed by atoms with Gasteiger partial charge in [0.25, 0.3) is 0 Å². The van der Waals surface area contributed by atoms with Gasteiger partial charge < -0.3 is 19.1 Å². The van der Waals surface area contributed by atoms with Crippen molar-refractivity contribution in [2.45, 2.75) is 6.42 Å². The highest BCUT2D eigenvalue weighted by molar-refractivity contribution is 5.69. The maximum atomic E-state index is 5.46. The molecule has 0 radical (unpaired) electrons. The summed E-state index contributed by atoms with van der Waals surface area (Å²) in [5.74, 6) is 2.51. The first-order chi connectivity index (χ1) is 14.2. The Morgan fingerprint density at radius 1 is 1.00 bits per heavy atom. The number of nitrogens with zero attached hydrogens (tertiary/aromatic N) is 2. The number of fused-ring (bicyclic) bond motifs is 1. The van der Waals surface area contributed by atoms with Gasteiger partial charge in [0.15, 0.2) is 11.5 Å². The average molecular weight is 388 g/mol. The molecule has 1 aliphatic heterocycles. The molecule has 0 bridgehead atoms. The minimum Gasteiger partial charge on any atom is -0.497 e. The molecule has 2 heterocycles. The van der Waals surface area contributed by atoms with Gasteiger partial charge in [0.05, 0.1) is 12.8 Å². The van der Waals surface area contributed by atoms with Crippen LogP contribution in [-0.4, -0.2) is 32.5 Å². The summed E-state index contributed by atoms with van der Waals surface area (Å²) in [4.78, 5) is 6.69. The molecule has 4 rings (SSSR count). The van der Waals surface area contributed by atoms with E-state index in [0.29, 0.717) is 6.79 Å². The van der Waals surface area contributed by atoms with Crippen LogP contribution in [0.2, 0.25) is 0 Å². The highest BCUT2D eigenvalue weighted by atomic mass is 16.7. The highest BCUT2D eigenvalue weighted by Gasteiger charge is 2.13. The number of ether oxygens (including phenoxy) is 3. The molecule has 0 saturated heterocycles. The van der Waals surface area contributed by atoms with E-state index in [1.54, 1.807) is 7.11 Å². The number of hydrogen-bond acceptors (Lipinski definition) is 5. The second kappa shape index (κ2) is 8.69. The Balaban J connectivity index is 1.38. The summed E-state index contributed by atoms with van der Waals surface area (Å²) in [5.41, 5.74) is 4.40. The number of rotatable bonds is 7. The van der Waals surface area contributed by atoms with Crippen LogP contribution in [0.3, 0.4) is 0 Å². The number of benzene rings is 2. The fraction of sp³-hybridized carbons (Fsp3) is 0.208. The van der Waals surface area contributed by atoms with Gasteiger partial charge in [-0.25, -0.2) is 0 Å². The standard InChI is InChI=1S/C24H24N2O3/c1-26(14-12-19-6-10-23-24(15-19)29-17-28-23)21-11-13-25-20(16-21)7-3-18-4-8-22(27-2)9-5-18/h3-11,13,15-16H,12,14,17H2,1-2H3/b7-3+. The zero-order valence-electron chi connectivity index (χ0n) is 16.7. The van der Waals surface area contributed by atoms with E-state index >= 15 is 0 Å². The van der Waals surface area contributed by atoms with Crippen molar-refractivity contribution in [1.82, 2.24) is 4.98 Å². The topological polar surface area (TPSA) is 43.8 Å². The quantitative estimate of drug-likeness (QED) is 0.589. The van der Waals surface area contributed by atoms with Crippen LogP contribution < -0.4 is 19.1 Å². The Morgan fingerprint density at radius 3 is 2.66 bits per heavy atom. The van der Waals surface area contributed by atoms with Crippen LogP contribution in [0.25, 0.3) is 12.2 Å².